The Morgan fingerprint density at radius 3 is 3.17 bits per heavy atom. The van der Waals surface area contributed by atoms with Crippen LogP contribution in [0.5, 0.6) is 0 Å². The summed E-state index contributed by atoms with van der Waals surface area (Å²) in [4.78, 5) is 11.3. The molecule has 0 saturated carbocycles. The van der Waals surface area contributed by atoms with Gasteiger partial charge in [0.05, 0.1) is 11.7 Å². The number of carbonyl (C=O) groups is 1. The topological polar surface area (TPSA) is 46.9 Å². The molecule has 64 valence electrons. The molecule has 4 heteroatoms. The Hall–Kier alpha value is -1.32. The van der Waals surface area contributed by atoms with Crippen molar-refractivity contribution in [1.82, 2.24) is 15.1 Å². The van der Waals surface area contributed by atoms with Crippen LogP contribution in [-0.4, -0.2) is 22.2 Å². The Morgan fingerprint density at radius 2 is 2.50 bits per heavy atom. The second-order valence-electron chi connectivity index (χ2n) is 3.17. The molecule has 1 aliphatic heterocycles. The number of amides is 1. The van der Waals surface area contributed by atoms with Crippen molar-refractivity contribution in [3.05, 3.63) is 17.5 Å². The molecular formula is C8H11N3O. The highest BCUT2D eigenvalue weighted by atomic mass is 16.2. The van der Waals surface area contributed by atoms with Crippen LogP contribution in [0.1, 0.15) is 29.1 Å². The summed E-state index contributed by atoms with van der Waals surface area (Å²) in [6.45, 7) is 4.60. The maximum Gasteiger partial charge on any atom is 0.269 e. The second-order valence-corrected chi connectivity index (χ2v) is 3.17. The Balaban J connectivity index is 2.54. The van der Waals surface area contributed by atoms with Crippen molar-refractivity contribution in [3.63, 3.8) is 0 Å². The van der Waals surface area contributed by atoms with Crippen LogP contribution in [0.2, 0.25) is 0 Å². The monoisotopic (exact) mass is 165 g/mol. The lowest BCUT2D eigenvalue weighted by Crippen LogP contribution is -2.38. The normalized spacial score (nSPS) is 21.8. The van der Waals surface area contributed by atoms with Gasteiger partial charge < -0.3 is 5.32 Å². The fourth-order valence-corrected chi connectivity index (χ4v) is 1.44. The van der Waals surface area contributed by atoms with E-state index in [9.17, 15) is 4.79 Å². The molecule has 12 heavy (non-hydrogen) atoms. The fraction of sp³-hybridized carbons (Fsp3) is 0.500. The van der Waals surface area contributed by atoms with E-state index < -0.39 is 0 Å². The quantitative estimate of drug-likeness (QED) is 0.608. The summed E-state index contributed by atoms with van der Waals surface area (Å²) in [6, 6.07) is 2.08. The van der Waals surface area contributed by atoms with E-state index in [1.807, 2.05) is 19.9 Å². The van der Waals surface area contributed by atoms with E-state index in [0.717, 1.165) is 5.69 Å². The summed E-state index contributed by atoms with van der Waals surface area (Å²) in [5, 5.41) is 7.04. The Morgan fingerprint density at radius 1 is 1.75 bits per heavy atom. The lowest BCUT2D eigenvalue weighted by molar-refractivity contribution is 0.0912. The molecule has 0 spiro atoms. The number of rotatable bonds is 0. The molecule has 1 aliphatic rings. The molecule has 2 rings (SSSR count). The van der Waals surface area contributed by atoms with Gasteiger partial charge >= 0.3 is 0 Å². The second kappa shape index (κ2) is 2.33. The van der Waals surface area contributed by atoms with E-state index in [0.29, 0.717) is 12.2 Å². The highest BCUT2D eigenvalue weighted by Gasteiger charge is 2.22. The molecule has 1 aromatic heterocycles. The molecule has 2 heterocycles. The van der Waals surface area contributed by atoms with E-state index in [1.165, 1.54) is 0 Å². The number of nitrogens with zero attached hydrogens (tertiary/aromatic N) is 2. The molecule has 4 nitrogen and oxygen atoms in total. The Kier molecular flexibility index (Phi) is 1.43. The van der Waals surface area contributed by atoms with Gasteiger partial charge in [-0.15, -0.1) is 0 Å². The minimum Gasteiger partial charge on any atom is -0.349 e. The van der Waals surface area contributed by atoms with E-state index in [-0.39, 0.29) is 11.9 Å². The van der Waals surface area contributed by atoms with Crippen LogP contribution >= 0.6 is 0 Å². The summed E-state index contributed by atoms with van der Waals surface area (Å²) in [7, 11) is 0. The number of hydrogen-bond acceptors (Lipinski definition) is 2. The summed E-state index contributed by atoms with van der Waals surface area (Å²) in [5.74, 6) is -0.0197. The molecule has 0 unspecified atom stereocenters. The molecule has 1 atom stereocenters. The molecule has 0 aliphatic carbocycles. The predicted molar refractivity (Wildman–Crippen MR) is 44.0 cm³/mol. The van der Waals surface area contributed by atoms with Crippen molar-refractivity contribution in [2.45, 2.75) is 19.9 Å². The third-order valence-corrected chi connectivity index (χ3v) is 2.07. The first-order valence-corrected chi connectivity index (χ1v) is 4.03. The van der Waals surface area contributed by atoms with Gasteiger partial charge in [0.15, 0.2) is 0 Å². The number of hydrogen-bond donors (Lipinski definition) is 1. The highest BCUT2D eigenvalue weighted by molar-refractivity contribution is 5.93. The zero-order chi connectivity index (χ0) is 8.72. The third kappa shape index (κ3) is 0.913. The number of aryl methyl sites for hydroxylation is 1. The average molecular weight is 165 g/mol. The van der Waals surface area contributed by atoms with Crippen LogP contribution in [0.15, 0.2) is 6.07 Å². The zero-order valence-electron chi connectivity index (χ0n) is 7.16. The molecule has 0 saturated heterocycles. The lowest BCUT2D eigenvalue weighted by atomic mass is 10.2. The van der Waals surface area contributed by atoms with Crippen LogP contribution in [0.3, 0.4) is 0 Å². The van der Waals surface area contributed by atoms with Crippen molar-refractivity contribution in [2.75, 3.05) is 6.54 Å². The highest BCUT2D eigenvalue weighted by Crippen LogP contribution is 2.14. The van der Waals surface area contributed by atoms with Crippen molar-refractivity contribution in [3.8, 4) is 0 Å². The maximum absolute atomic E-state index is 11.3. The molecule has 0 fully saturated rings. The molecule has 0 bridgehead atoms. The third-order valence-electron chi connectivity index (χ3n) is 2.07. The number of carbonyl (C=O) groups excluding carboxylic acids is 1. The van der Waals surface area contributed by atoms with Gasteiger partial charge in [-0.25, -0.2) is 0 Å². The van der Waals surface area contributed by atoms with Crippen LogP contribution in [0, 0.1) is 6.92 Å². The minimum atomic E-state index is -0.0197. The van der Waals surface area contributed by atoms with Crippen LogP contribution in [-0.2, 0) is 0 Å². The predicted octanol–water partition coefficient (Wildman–Crippen LogP) is 0.496. The maximum atomic E-state index is 11.3. The first-order chi connectivity index (χ1) is 5.68. The summed E-state index contributed by atoms with van der Waals surface area (Å²) >= 11 is 0. The molecular weight excluding hydrogens is 154 g/mol. The molecule has 0 aromatic carbocycles. The summed E-state index contributed by atoms with van der Waals surface area (Å²) in [6.07, 6.45) is 0. The Bertz CT molecular complexity index is 329. The van der Waals surface area contributed by atoms with Gasteiger partial charge in [-0.05, 0) is 19.9 Å². The van der Waals surface area contributed by atoms with Gasteiger partial charge in [-0.1, -0.05) is 0 Å². The summed E-state index contributed by atoms with van der Waals surface area (Å²) < 4.78 is 1.79. The SMILES string of the molecule is Cc1cc2n(n1)[C@@H](C)CNC2=O. The van der Waals surface area contributed by atoms with E-state index >= 15 is 0 Å². The van der Waals surface area contributed by atoms with Gasteiger partial charge in [-0.3, -0.25) is 9.48 Å². The number of fused-ring (bicyclic) bond motifs is 1. The molecule has 1 aromatic rings. The first kappa shape index (κ1) is 7.34. The fourth-order valence-electron chi connectivity index (χ4n) is 1.44. The van der Waals surface area contributed by atoms with E-state index in [1.54, 1.807) is 4.68 Å². The van der Waals surface area contributed by atoms with Gasteiger partial charge in [0.2, 0.25) is 0 Å². The van der Waals surface area contributed by atoms with Crippen molar-refractivity contribution < 1.29 is 4.79 Å². The van der Waals surface area contributed by atoms with E-state index in [2.05, 4.69) is 10.4 Å². The van der Waals surface area contributed by atoms with Gasteiger partial charge in [0, 0.05) is 6.54 Å². The number of aromatic nitrogens is 2. The van der Waals surface area contributed by atoms with Gasteiger partial charge in [-0.2, -0.15) is 5.10 Å². The zero-order valence-corrected chi connectivity index (χ0v) is 7.16. The van der Waals surface area contributed by atoms with Crippen LogP contribution in [0.25, 0.3) is 0 Å². The standard InChI is InChI=1S/C8H11N3O/c1-5-3-7-8(12)9-4-6(2)11(7)10-5/h3,6H,4H2,1-2H3,(H,9,12)/t6-/m0/s1. The number of nitrogens with one attached hydrogen (secondary N) is 1. The van der Waals surface area contributed by atoms with Crippen molar-refractivity contribution in [2.24, 2.45) is 0 Å². The van der Waals surface area contributed by atoms with Crippen LogP contribution < -0.4 is 5.32 Å². The van der Waals surface area contributed by atoms with Crippen molar-refractivity contribution >= 4 is 5.91 Å². The summed E-state index contributed by atoms with van der Waals surface area (Å²) in [5.41, 5.74) is 1.57. The molecule has 1 N–H and O–H groups in total. The Labute approximate surface area is 70.6 Å². The van der Waals surface area contributed by atoms with E-state index in [4.69, 9.17) is 0 Å². The van der Waals surface area contributed by atoms with Gasteiger partial charge in [0.1, 0.15) is 5.69 Å². The lowest BCUT2D eigenvalue weighted by Gasteiger charge is -2.20. The minimum absolute atomic E-state index is 0.0197. The smallest absolute Gasteiger partial charge is 0.269 e. The average Bonchev–Trinajstić information content (AvgIpc) is 2.41. The van der Waals surface area contributed by atoms with Crippen LogP contribution in [0.4, 0.5) is 0 Å². The molecule has 1 amide bonds. The molecule has 0 radical (unpaired) electrons. The van der Waals surface area contributed by atoms with Crippen molar-refractivity contribution in [1.29, 1.82) is 0 Å². The van der Waals surface area contributed by atoms with Gasteiger partial charge in [0.25, 0.3) is 5.91 Å². The first-order valence-electron chi connectivity index (χ1n) is 4.03. The largest absolute Gasteiger partial charge is 0.349 e.